The Morgan fingerprint density at radius 2 is 1.83 bits per heavy atom. The predicted molar refractivity (Wildman–Crippen MR) is 137 cm³/mol. The molecule has 0 saturated heterocycles. The number of carbonyl (C=O) groups excluding carboxylic acids is 1. The Balaban J connectivity index is 1.39. The molecule has 1 aliphatic carbocycles. The van der Waals surface area contributed by atoms with Gasteiger partial charge >= 0.3 is 0 Å². The molecule has 1 saturated carbocycles. The van der Waals surface area contributed by atoms with Gasteiger partial charge in [-0.25, -0.2) is 15.0 Å². The smallest absolute Gasteiger partial charge is 0.251 e. The average Bonchev–Trinajstić information content (AvgIpc) is 3.60. The molecule has 1 aliphatic rings. The van der Waals surface area contributed by atoms with Crippen LogP contribution in [0.15, 0.2) is 54.9 Å². The highest BCUT2D eigenvalue weighted by Crippen LogP contribution is 2.30. The number of fused-ring (bicyclic) bond motifs is 1. The quantitative estimate of drug-likeness (QED) is 0.370. The SMILES string of the molecule is COc1ccc(CCNc2ncnc3c2nc(-c2ccc(C(=O)NC4CC4)cc2)n3C(C)C)cc1. The Kier molecular flexibility index (Phi) is 6.35. The maximum atomic E-state index is 12.4. The number of ether oxygens (including phenoxy) is 1. The molecule has 0 atom stereocenters. The van der Waals surface area contributed by atoms with Gasteiger partial charge < -0.3 is 19.9 Å². The first-order valence-electron chi connectivity index (χ1n) is 12.0. The summed E-state index contributed by atoms with van der Waals surface area (Å²) in [5, 5.41) is 6.47. The van der Waals surface area contributed by atoms with Gasteiger partial charge in [-0.1, -0.05) is 24.3 Å². The monoisotopic (exact) mass is 470 g/mol. The second-order valence-electron chi connectivity index (χ2n) is 9.14. The fraction of sp³-hybridized carbons (Fsp3) is 0.333. The van der Waals surface area contributed by atoms with Crippen molar-refractivity contribution in [2.75, 3.05) is 19.0 Å². The summed E-state index contributed by atoms with van der Waals surface area (Å²) < 4.78 is 7.35. The zero-order valence-corrected chi connectivity index (χ0v) is 20.3. The first-order chi connectivity index (χ1) is 17.0. The Morgan fingerprint density at radius 1 is 1.09 bits per heavy atom. The maximum absolute atomic E-state index is 12.4. The summed E-state index contributed by atoms with van der Waals surface area (Å²) in [6.07, 6.45) is 4.56. The van der Waals surface area contributed by atoms with Crippen LogP contribution in [0.1, 0.15) is 48.7 Å². The fourth-order valence-corrected chi connectivity index (χ4v) is 4.12. The molecule has 0 bridgehead atoms. The van der Waals surface area contributed by atoms with Gasteiger partial charge in [0.25, 0.3) is 5.91 Å². The zero-order valence-electron chi connectivity index (χ0n) is 20.3. The Labute approximate surface area is 204 Å². The van der Waals surface area contributed by atoms with Crippen LogP contribution >= 0.6 is 0 Å². The van der Waals surface area contributed by atoms with Crippen molar-refractivity contribution in [1.29, 1.82) is 0 Å². The van der Waals surface area contributed by atoms with E-state index in [0.29, 0.717) is 24.0 Å². The summed E-state index contributed by atoms with van der Waals surface area (Å²) in [6, 6.07) is 16.2. The summed E-state index contributed by atoms with van der Waals surface area (Å²) in [4.78, 5) is 26.3. The van der Waals surface area contributed by atoms with E-state index in [0.717, 1.165) is 47.6 Å². The van der Waals surface area contributed by atoms with Crippen molar-refractivity contribution < 1.29 is 9.53 Å². The maximum Gasteiger partial charge on any atom is 0.251 e. The van der Waals surface area contributed by atoms with Crippen LogP contribution in [0.5, 0.6) is 5.75 Å². The third-order valence-corrected chi connectivity index (χ3v) is 6.18. The lowest BCUT2D eigenvalue weighted by Gasteiger charge is -2.13. The lowest BCUT2D eigenvalue weighted by atomic mass is 10.1. The van der Waals surface area contributed by atoms with Gasteiger partial charge in [0.15, 0.2) is 17.0 Å². The third kappa shape index (κ3) is 4.96. The summed E-state index contributed by atoms with van der Waals surface area (Å²) >= 11 is 0. The Morgan fingerprint density at radius 3 is 2.49 bits per heavy atom. The average molecular weight is 471 g/mol. The van der Waals surface area contributed by atoms with Crippen LogP contribution in [0.3, 0.4) is 0 Å². The number of hydrogen-bond donors (Lipinski definition) is 2. The number of nitrogens with one attached hydrogen (secondary N) is 2. The molecule has 180 valence electrons. The van der Waals surface area contributed by atoms with E-state index in [1.165, 1.54) is 5.56 Å². The molecule has 2 aromatic carbocycles. The van der Waals surface area contributed by atoms with Gasteiger partial charge in [-0.2, -0.15) is 0 Å². The van der Waals surface area contributed by atoms with Gasteiger partial charge in [0, 0.05) is 29.8 Å². The Bertz CT molecular complexity index is 1320. The number of aromatic nitrogens is 4. The van der Waals surface area contributed by atoms with Gasteiger partial charge in [-0.3, -0.25) is 4.79 Å². The van der Waals surface area contributed by atoms with Crippen molar-refractivity contribution >= 4 is 22.9 Å². The first-order valence-corrected chi connectivity index (χ1v) is 12.0. The minimum Gasteiger partial charge on any atom is -0.497 e. The van der Waals surface area contributed by atoms with E-state index in [-0.39, 0.29) is 11.9 Å². The van der Waals surface area contributed by atoms with Crippen molar-refractivity contribution in [3.05, 3.63) is 66.0 Å². The van der Waals surface area contributed by atoms with Crippen molar-refractivity contribution in [3.63, 3.8) is 0 Å². The topological polar surface area (TPSA) is 94.0 Å². The van der Waals surface area contributed by atoms with Crippen LogP contribution in [0.2, 0.25) is 0 Å². The van der Waals surface area contributed by atoms with Gasteiger partial charge in [0.2, 0.25) is 0 Å². The molecule has 35 heavy (non-hydrogen) atoms. The number of amides is 1. The largest absolute Gasteiger partial charge is 0.497 e. The lowest BCUT2D eigenvalue weighted by molar-refractivity contribution is 0.0951. The number of rotatable bonds is 9. The van der Waals surface area contributed by atoms with Gasteiger partial charge in [-0.05, 0) is 62.9 Å². The summed E-state index contributed by atoms with van der Waals surface area (Å²) in [6.45, 7) is 4.94. The number of anilines is 1. The van der Waals surface area contributed by atoms with Crippen LogP contribution in [-0.4, -0.2) is 45.1 Å². The highest BCUT2D eigenvalue weighted by atomic mass is 16.5. The molecule has 1 amide bonds. The first kappa shape index (κ1) is 22.8. The van der Waals surface area contributed by atoms with Crippen LogP contribution in [0.4, 0.5) is 5.82 Å². The molecule has 8 nitrogen and oxygen atoms in total. The number of imidazole rings is 1. The second kappa shape index (κ2) is 9.74. The minimum atomic E-state index is -0.0226. The van der Waals surface area contributed by atoms with E-state index < -0.39 is 0 Å². The van der Waals surface area contributed by atoms with Crippen LogP contribution in [0.25, 0.3) is 22.6 Å². The van der Waals surface area contributed by atoms with E-state index in [9.17, 15) is 4.79 Å². The summed E-state index contributed by atoms with van der Waals surface area (Å²) in [7, 11) is 1.67. The van der Waals surface area contributed by atoms with E-state index in [2.05, 4.69) is 51.1 Å². The zero-order chi connectivity index (χ0) is 24.4. The molecule has 1 fully saturated rings. The normalized spacial score (nSPS) is 13.3. The van der Waals surface area contributed by atoms with Crippen molar-refractivity contribution in [1.82, 2.24) is 24.8 Å². The minimum absolute atomic E-state index is 0.0226. The second-order valence-corrected chi connectivity index (χ2v) is 9.14. The molecule has 0 unspecified atom stereocenters. The van der Waals surface area contributed by atoms with E-state index in [4.69, 9.17) is 9.72 Å². The van der Waals surface area contributed by atoms with E-state index in [1.807, 2.05) is 36.4 Å². The van der Waals surface area contributed by atoms with Crippen LogP contribution in [-0.2, 0) is 6.42 Å². The molecule has 5 rings (SSSR count). The Hall–Kier alpha value is -3.94. The number of benzene rings is 2. The molecule has 2 aromatic heterocycles. The standard InChI is InChI=1S/C27H30N6O2/c1-17(2)33-25(19-6-8-20(9-7-19)27(34)31-21-10-11-21)32-23-24(29-16-30-26(23)33)28-15-14-18-4-12-22(35-3)13-5-18/h4-9,12-13,16-17,21H,10-11,14-15H2,1-3H3,(H,31,34)(H,28,29,30). The molecular weight excluding hydrogens is 440 g/mol. The molecule has 8 heteroatoms. The number of methoxy groups -OCH3 is 1. The number of carbonyl (C=O) groups is 1. The predicted octanol–water partition coefficient (Wildman–Crippen LogP) is 4.63. The van der Waals surface area contributed by atoms with Gasteiger partial charge in [0.1, 0.15) is 17.9 Å². The number of hydrogen-bond acceptors (Lipinski definition) is 6. The molecule has 2 N–H and O–H groups in total. The van der Waals surface area contributed by atoms with Crippen molar-refractivity contribution in [3.8, 4) is 17.1 Å². The molecule has 0 aliphatic heterocycles. The van der Waals surface area contributed by atoms with Crippen LogP contribution < -0.4 is 15.4 Å². The van der Waals surface area contributed by atoms with E-state index >= 15 is 0 Å². The molecule has 0 radical (unpaired) electrons. The van der Waals surface area contributed by atoms with Crippen LogP contribution in [0, 0.1) is 0 Å². The lowest BCUT2D eigenvalue weighted by Crippen LogP contribution is -2.25. The fourth-order valence-electron chi connectivity index (χ4n) is 4.12. The molecular formula is C27H30N6O2. The highest BCUT2D eigenvalue weighted by molar-refractivity contribution is 5.95. The number of nitrogens with zero attached hydrogens (tertiary/aromatic N) is 4. The van der Waals surface area contributed by atoms with Crippen molar-refractivity contribution in [2.45, 2.75) is 45.2 Å². The molecule has 4 aromatic rings. The van der Waals surface area contributed by atoms with E-state index in [1.54, 1.807) is 13.4 Å². The molecule has 2 heterocycles. The highest BCUT2D eigenvalue weighted by Gasteiger charge is 2.24. The summed E-state index contributed by atoms with van der Waals surface area (Å²) in [5.74, 6) is 2.35. The van der Waals surface area contributed by atoms with Gasteiger partial charge in [-0.15, -0.1) is 0 Å². The molecule has 0 spiro atoms. The third-order valence-electron chi connectivity index (χ3n) is 6.18. The van der Waals surface area contributed by atoms with Gasteiger partial charge in [0.05, 0.1) is 7.11 Å². The van der Waals surface area contributed by atoms with Crippen molar-refractivity contribution in [2.24, 2.45) is 0 Å². The summed E-state index contributed by atoms with van der Waals surface area (Å²) in [5.41, 5.74) is 4.33.